The molecule has 26 heavy (non-hydrogen) atoms. The van der Waals surface area contributed by atoms with E-state index >= 15 is 0 Å². The molecule has 0 radical (unpaired) electrons. The minimum Gasteiger partial charge on any atom is -0.393 e. The summed E-state index contributed by atoms with van der Waals surface area (Å²) in [6, 6.07) is 0. The largest absolute Gasteiger partial charge is 0.393 e. The van der Waals surface area contributed by atoms with E-state index in [2.05, 4.69) is 39.5 Å². The molecule has 1 N–H and O–H groups in total. The highest BCUT2D eigenvalue weighted by Crippen LogP contribution is 2.59. The summed E-state index contributed by atoms with van der Waals surface area (Å²) in [5.41, 5.74) is 4.72. The first-order chi connectivity index (χ1) is 12.5. The normalized spacial score (nSPS) is 39.4. The third-order valence-electron chi connectivity index (χ3n) is 7.93. The molecule has 3 aliphatic carbocycles. The highest BCUT2D eigenvalue weighted by molar-refractivity contribution is 5.36. The van der Waals surface area contributed by atoms with Crippen LogP contribution in [0, 0.1) is 23.2 Å². The van der Waals surface area contributed by atoms with Crippen molar-refractivity contribution < 1.29 is 5.11 Å². The monoisotopic (exact) mass is 356 g/mol. The molecule has 0 aromatic carbocycles. The second-order valence-corrected chi connectivity index (χ2v) is 9.65. The quantitative estimate of drug-likeness (QED) is 0.563. The van der Waals surface area contributed by atoms with Crippen LogP contribution in [0.15, 0.2) is 35.5 Å². The van der Waals surface area contributed by atoms with Crippen molar-refractivity contribution in [3.8, 4) is 0 Å². The molecule has 3 fully saturated rings. The molecule has 0 aliphatic heterocycles. The van der Waals surface area contributed by atoms with Crippen molar-refractivity contribution in [3.05, 3.63) is 35.5 Å². The van der Waals surface area contributed by atoms with Crippen LogP contribution in [0.4, 0.5) is 0 Å². The molecule has 0 bridgehead atoms. The molecule has 3 aliphatic rings. The van der Waals surface area contributed by atoms with E-state index in [1.807, 2.05) is 0 Å². The Bertz CT molecular complexity index is 569. The fraction of sp³-hybridized carbons (Fsp3) is 0.760. The highest BCUT2D eigenvalue weighted by atomic mass is 16.3. The molecule has 0 saturated heterocycles. The summed E-state index contributed by atoms with van der Waals surface area (Å²) < 4.78 is 0. The van der Waals surface area contributed by atoms with Crippen LogP contribution >= 0.6 is 0 Å². The second kappa shape index (κ2) is 8.46. The van der Waals surface area contributed by atoms with Crippen LogP contribution in [-0.2, 0) is 0 Å². The van der Waals surface area contributed by atoms with Crippen LogP contribution < -0.4 is 0 Å². The molecule has 0 aromatic rings. The van der Waals surface area contributed by atoms with Crippen molar-refractivity contribution >= 4 is 0 Å². The minimum absolute atomic E-state index is 0.169. The van der Waals surface area contributed by atoms with Crippen LogP contribution in [0.3, 0.4) is 0 Å². The van der Waals surface area contributed by atoms with E-state index in [-0.39, 0.29) is 6.10 Å². The Morgan fingerprint density at radius 1 is 1.23 bits per heavy atom. The lowest BCUT2D eigenvalue weighted by molar-refractivity contribution is 0.0934. The van der Waals surface area contributed by atoms with Gasteiger partial charge in [-0.05, 0) is 80.1 Å². The van der Waals surface area contributed by atoms with Gasteiger partial charge in [-0.2, -0.15) is 0 Å². The van der Waals surface area contributed by atoms with Crippen LogP contribution in [0.2, 0.25) is 0 Å². The molecule has 5 atom stereocenters. The zero-order valence-electron chi connectivity index (χ0n) is 17.4. The summed E-state index contributed by atoms with van der Waals surface area (Å²) in [4.78, 5) is 0. The lowest BCUT2D eigenvalue weighted by Gasteiger charge is -2.44. The molecule has 3 rings (SSSR count). The van der Waals surface area contributed by atoms with Crippen molar-refractivity contribution in [2.24, 2.45) is 23.2 Å². The smallest absolute Gasteiger partial charge is 0.0583 e. The molecule has 0 unspecified atom stereocenters. The van der Waals surface area contributed by atoms with Gasteiger partial charge < -0.3 is 5.11 Å². The molecule has 0 aromatic heterocycles. The molecule has 3 saturated carbocycles. The molecule has 1 heteroatoms. The number of aliphatic hydroxyl groups is 1. The maximum Gasteiger partial charge on any atom is 0.0583 e. The lowest BCUT2D eigenvalue weighted by atomic mass is 9.60. The summed E-state index contributed by atoms with van der Waals surface area (Å²) in [6.45, 7) is 11.7. The van der Waals surface area contributed by atoms with Gasteiger partial charge in [-0.25, -0.2) is 0 Å². The van der Waals surface area contributed by atoms with Crippen LogP contribution in [0.5, 0.6) is 0 Å². The van der Waals surface area contributed by atoms with Gasteiger partial charge in [-0.15, -0.1) is 0 Å². The first kappa shape index (κ1) is 19.9. The van der Waals surface area contributed by atoms with Gasteiger partial charge in [0.25, 0.3) is 0 Å². The van der Waals surface area contributed by atoms with Crippen molar-refractivity contribution in [1.82, 2.24) is 0 Å². The van der Waals surface area contributed by atoms with Crippen molar-refractivity contribution in [2.75, 3.05) is 0 Å². The predicted octanol–water partition coefficient (Wildman–Crippen LogP) is 6.98. The summed E-state index contributed by atoms with van der Waals surface area (Å²) in [5.74, 6) is 2.56. The Labute approximate surface area is 161 Å². The predicted molar refractivity (Wildman–Crippen MR) is 112 cm³/mol. The lowest BCUT2D eigenvalue weighted by Crippen LogP contribution is -2.36. The topological polar surface area (TPSA) is 20.2 Å². The summed E-state index contributed by atoms with van der Waals surface area (Å²) in [6.07, 6.45) is 18.2. The number of fused-ring (bicyclic) bond motifs is 1. The molecule has 0 heterocycles. The number of allylic oxidation sites excluding steroid dienone is 4. The van der Waals surface area contributed by atoms with Gasteiger partial charge in [0.15, 0.2) is 0 Å². The van der Waals surface area contributed by atoms with E-state index in [0.29, 0.717) is 5.41 Å². The SMILES string of the molecule is C=C1CC[C@H](O)C/C1=C/C=C1\CCC[C@]2(C)[C@@H]([C@H](C)CCCC)CC[C@@H]12. The maximum absolute atomic E-state index is 9.99. The standard InChI is InChI=1S/C25H40O/c1-5-6-8-19(3)23-14-15-24-20(9-7-16-25(23,24)4)11-12-21-17-22(26)13-10-18(21)2/h11-12,19,22-24,26H,2,5-10,13-17H2,1,3-4H3/b20-11+,21-12-/t19-,22+,23-,24+,25-/m1/s1. The number of unbranched alkanes of at least 4 members (excludes halogenated alkanes) is 1. The molecular formula is C25H40O. The van der Waals surface area contributed by atoms with Gasteiger partial charge in [-0.3, -0.25) is 0 Å². The zero-order valence-corrected chi connectivity index (χ0v) is 17.4. The van der Waals surface area contributed by atoms with Crippen LogP contribution in [0.25, 0.3) is 0 Å². The van der Waals surface area contributed by atoms with E-state index in [4.69, 9.17) is 0 Å². The Kier molecular flexibility index (Phi) is 6.49. The van der Waals surface area contributed by atoms with Gasteiger partial charge in [-0.1, -0.05) is 69.9 Å². The number of rotatable bonds is 5. The second-order valence-electron chi connectivity index (χ2n) is 9.65. The molecule has 1 nitrogen and oxygen atoms in total. The maximum atomic E-state index is 9.99. The van der Waals surface area contributed by atoms with E-state index in [9.17, 15) is 5.11 Å². The molecule has 0 amide bonds. The Balaban J connectivity index is 1.75. The first-order valence-corrected chi connectivity index (χ1v) is 11.2. The van der Waals surface area contributed by atoms with Gasteiger partial charge in [0, 0.05) is 0 Å². The molecular weight excluding hydrogens is 316 g/mol. The third kappa shape index (κ3) is 4.03. The summed E-state index contributed by atoms with van der Waals surface area (Å²) >= 11 is 0. The third-order valence-corrected chi connectivity index (χ3v) is 7.93. The molecule has 0 spiro atoms. The minimum atomic E-state index is -0.169. The zero-order chi connectivity index (χ0) is 18.7. The average molecular weight is 357 g/mol. The molecule has 146 valence electrons. The van der Waals surface area contributed by atoms with Gasteiger partial charge in [0.1, 0.15) is 0 Å². The number of aliphatic hydroxyl groups excluding tert-OH is 1. The fourth-order valence-electron chi connectivity index (χ4n) is 6.34. The van der Waals surface area contributed by atoms with Gasteiger partial charge in [0.2, 0.25) is 0 Å². The first-order valence-electron chi connectivity index (χ1n) is 11.2. The average Bonchev–Trinajstić information content (AvgIpc) is 2.98. The van der Waals surface area contributed by atoms with Crippen LogP contribution in [0.1, 0.15) is 91.4 Å². The van der Waals surface area contributed by atoms with Crippen molar-refractivity contribution in [1.29, 1.82) is 0 Å². The van der Waals surface area contributed by atoms with E-state index in [1.54, 1.807) is 5.57 Å². The van der Waals surface area contributed by atoms with Gasteiger partial charge in [0.05, 0.1) is 6.10 Å². The Morgan fingerprint density at radius 2 is 2.04 bits per heavy atom. The fourth-order valence-corrected chi connectivity index (χ4v) is 6.34. The van der Waals surface area contributed by atoms with Crippen molar-refractivity contribution in [3.63, 3.8) is 0 Å². The van der Waals surface area contributed by atoms with Crippen molar-refractivity contribution in [2.45, 2.75) is 97.5 Å². The Hall–Kier alpha value is -0.820. The van der Waals surface area contributed by atoms with E-state index in [0.717, 1.165) is 37.0 Å². The Morgan fingerprint density at radius 3 is 2.81 bits per heavy atom. The highest BCUT2D eigenvalue weighted by Gasteiger charge is 2.50. The number of hydrogen-bond donors (Lipinski definition) is 1. The summed E-state index contributed by atoms with van der Waals surface area (Å²) in [5, 5.41) is 9.99. The van der Waals surface area contributed by atoms with E-state index in [1.165, 1.54) is 62.5 Å². The summed E-state index contributed by atoms with van der Waals surface area (Å²) in [7, 11) is 0. The van der Waals surface area contributed by atoms with Gasteiger partial charge >= 0.3 is 0 Å². The van der Waals surface area contributed by atoms with Crippen LogP contribution in [-0.4, -0.2) is 11.2 Å². The number of hydrogen-bond acceptors (Lipinski definition) is 1. The van der Waals surface area contributed by atoms with E-state index < -0.39 is 0 Å².